The zero-order valence-corrected chi connectivity index (χ0v) is 27.3. The quantitative estimate of drug-likeness (QED) is 0.149. The fraction of sp³-hybridized carbons (Fsp3) is 0.343. The van der Waals surface area contributed by atoms with Crippen molar-refractivity contribution < 1.29 is 47.7 Å². The number of Topliss-reactive ketones (excluding diaryl/α,β-unsaturated/α-hetero) is 1. The molecule has 0 aliphatic heterocycles. The van der Waals surface area contributed by atoms with Crippen LogP contribution in [-0.4, -0.2) is 73.8 Å². The molecule has 0 radical (unpaired) electrons. The normalized spacial score (nSPS) is 11.1. The standard InChI is InChI=1S/C30H31NO8.C5H11NO2/c1-31(30(35)39-20-23-9-5-3-6-10-23)26(19-22-13-15-25(36-2)16-14-22)29(34)37-18-17-28(33)38-21-27(32)24-11-7-4-8-12-24;1-5(2,3)8-4(6)7/h3-16,26H,17-21H2,1-2H3;1-3H3,(H2,6,7). The van der Waals surface area contributed by atoms with E-state index in [2.05, 4.69) is 4.74 Å². The first-order valence-electron chi connectivity index (χ1n) is 14.7. The molecule has 0 fully saturated rings. The Bertz CT molecular complexity index is 1440. The van der Waals surface area contributed by atoms with Gasteiger partial charge in [0.2, 0.25) is 0 Å². The van der Waals surface area contributed by atoms with Crippen LogP contribution in [0.5, 0.6) is 5.75 Å². The maximum atomic E-state index is 13.0. The van der Waals surface area contributed by atoms with E-state index >= 15 is 0 Å². The number of hydrogen-bond donors (Lipinski definition) is 1. The lowest BCUT2D eigenvalue weighted by molar-refractivity contribution is -0.152. The molecule has 0 aliphatic rings. The third kappa shape index (κ3) is 15.0. The molecule has 0 heterocycles. The van der Waals surface area contributed by atoms with E-state index in [0.29, 0.717) is 11.3 Å². The van der Waals surface area contributed by atoms with E-state index in [4.69, 9.17) is 24.7 Å². The van der Waals surface area contributed by atoms with Crippen molar-refractivity contribution in [2.45, 2.75) is 51.9 Å². The second-order valence-electron chi connectivity index (χ2n) is 11.1. The second-order valence-corrected chi connectivity index (χ2v) is 11.1. The van der Waals surface area contributed by atoms with Gasteiger partial charge in [-0.05, 0) is 44.0 Å². The molecule has 0 bridgehead atoms. The van der Waals surface area contributed by atoms with E-state index in [0.717, 1.165) is 11.1 Å². The molecule has 2 N–H and O–H groups in total. The number of nitrogens with two attached hydrogens (primary N) is 1. The number of nitrogens with zero attached hydrogens (tertiary/aromatic N) is 1. The van der Waals surface area contributed by atoms with Crippen LogP contribution in [-0.2, 0) is 41.6 Å². The molecule has 3 aromatic rings. The first kappa shape index (κ1) is 37.8. The van der Waals surface area contributed by atoms with Crippen LogP contribution in [0.15, 0.2) is 84.9 Å². The lowest BCUT2D eigenvalue weighted by Crippen LogP contribution is -2.45. The Morgan fingerprint density at radius 2 is 1.38 bits per heavy atom. The van der Waals surface area contributed by atoms with Crippen LogP contribution in [0.2, 0.25) is 0 Å². The predicted molar refractivity (Wildman–Crippen MR) is 173 cm³/mol. The number of likely N-dealkylation sites (N-methyl/N-ethyl adjacent to an activating group) is 1. The number of primary amides is 1. The maximum absolute atomic E-state index is 13.0. The second kappa shape index (κ2) is 19.2. The number of methoxy groups -OCH3 is 1. The van der Waals surface area contributed by atoms with Crippen LogP contribution in [0.3, 0.4) is 0 Å². The smallest absolute Gasteiger partial charge is 0.410 e. The number of ether oxygens (including phenoxy) is 5. The number of benzene rings is 3. The van der Waals surface area contributed by atoms with E-state index in [1.54, 1.807) is 82.5 Å². The summed E-state index contributed by atoms with van der Waals surface area (Å²) < 4.78 is 25.5. The highest BCUT2D eigenvalue weighted by Gasteiger charge is 2.30. The van der Waals surface area contributed by atoms with Crippen LogP contribution in [0, 0.1) is 0 Å². The Kier molecular flexibility index (Phi) is 15.4. The minimum atomic E-state index is -1.02. The number of ketones is 1. The van der Waals surface area contributed by atoms with E-state index in [1.165, 1.54) is 11.9 Å². The molecule has 0 spiro atoms. The lowest BCUT2D eigenvalue weighted by Gasteiger charge is -2.26. The highest BCUT2D eigenvalue weighted by Crippen LogP contribution is 2.16. The van der Waals surface area contributed by atoms with Gasteiger partial charge in [-0.15, -0.1) is 0 Å². The molecule has 0 aliphatic carbocycles. The van der Waals surface area contributed by atoms with Gasteiger partial charge in [-0.3, -0.25) is 14.5 Å². The van der Waals surface area contributed by atoms with E-state index in [1.807, 2.05) is 30.3 Å². The van der Waals surface area contributed by atoms with Gasteiger partial charge in [0.05, 0.1) is 13.5 Å². The zero-order valence-electron chi connectivity index (χ0n) is 27.3. The SMILES string of the molecule is CC(C)(C)OC(N)=O.COc1ccc(CC(C(=O)OCCC(=O)OCC(=O)c2ccccc2)N(C)C(=O)OCc2ccccc2)cc1. The molecule has 2 amide bonds. The molecule has 47 heavy (non-hydrogen) atoms. The molecule has 1 unspecified atom stereocenters. The summed E-state index contributed by atoms with van der Waals surface area (Å²) in [6.45, 7) is 4.64. The van der Waals surface area contributed by atoms with E-state index in [9.17, 15) is 24.0 Å². The average molecular weight is 651 g/mol. The summed E-state index contributed by atoms with van der Waals surface area (Å²) in [4.78, 5) is 61.2. The summed E-state index contributed by atoms with van der Waals surface area (Å²) >= 11 is 0. The van der Waals surface area contributed by atoms with Crippen LogP contribution in [0.1, 0.15) is 48.7 Å². The van der Waals surface area contributed by atoms with Crippen LogP contribution in [0.25, 0.3) is 0 Å². The lowest BCUT2D eigenvalue weighted by atomic mass is 10.0. The van der Waals surface area contributed by atoms with Crippen molar-refractivity contribution >= 4 is 29.9 Å². The summed E-state index contributed by atoms with van der Waals surface area (Å²) in [5, 5.41) is 0. The van der Waals surface area contributed by atoms with Gasteiger partial charge < -0.3 is 29.4 Å². The van der Waals surface area contributed by atoms with E-state index in [-0.39, 0.29) is 31.8 Å². The van der Waals surface area contributed by atoms with Crippen molar-refractivity contribution in [2.24, 2.45) is 5.73 Å². The molecule has 3 aromatic carbocycles. The molecule has 0 saturated heterocycles. The van der Waals surface area contributed by atoms with Crippen molar-refractivity contribution in [1.29, 1.82) is 0 Å². The Balaban J connectivity index is 0.000000849. The van der Waals surface area contributed by atoms with Gasteiger partial charge in [0.15, 0.2) is 12.4 Å². The number of carbonyl (C=O) groups excluding carboxylic acids is 5. The number of carbonyl (C=O) groups is 5. The number of amides is 2. The van der Waals surface area contributed by atoms with Crippen molar-refractivity contribution in [1.82, 2.24) is 4.90 Å². The Morgan fingerprint density at radius 1 is 0.787 bits per heavy atom. The van der Waals surface area contributed by atoms with Gasteiger partial charge in [0.1, 0.15) is 30.6 Å². The number of hydrogen-bond acceptors (Lipinski definition) is 10. The van der Waals surface area contributed by atoms with Gasteiger partial charge in [-0.2, -0.15) is 0 Å². The predicted octanol–water partition coefficient (Wildman–Crippen LogP) is 5.11. The molecule has 0 aromatic heterocycles. The number of rotatable bonds is 13. The third-order valence-corrected chi connectivity index (χ3v) is 6.24. The summed E-state index contributed by atoms with van der Waals surface area (Å²) in [6, 6.07) is 23.7. The van der Waals surface area contributed by atoms with Gasteiger partial charge in [-0.25, -0.2) is 14.4 Å². The molecule has 1 atom stereocenters. The first-order valence-corrected chi connectivity index (χ1v) is 14.7. The topological polar surface area (TPSA) is 161 Å². The summed E-state index contributed by atoms with van der Waals surface area (Å²) in [6.07, 6.45) is -1.52. The van der Waals surface area contributed by atoms with Crippen LogP contribution < -0.4 is 10.5 Å². The molecule has 12 nitrogen and oxygen atoms in total. The minimum Gasteiger partial charge on any atom is -0.497 e. The fourth-order valence-corrected chi connectivity index (χ4v) is 3.87. The average Bonchev–Trinajstić information content (AvgIpc) is 3.04. The Morgan fingerprint density at radius 3 is 1.91 bits per heavy atom. The zero-order chi connectivity index (χ0) is 34.8. The van der Waals surface area contributed by atoms with Crippen molar-refractivity contribution in [3.63, 3.8) is 0 Å². The summed E-state index contributed by atoms with van der Waals surface area (Å²) in [5.41, 5.74) is 6.26. The minimum absolute atomic E-state index is 0.0435. The molecule has 12 heteroatoms. The van der Waals surface area contributed by atoms with Gasteiger partial charge >= 0.3 is 24.1 Å². The number of esters is 2. The molecule has 0 saturated carbocycles. The molecule has 252 valence electrons. The monoisotopic (exact) mass is 650 g/mol. The maximum Gasteiger partial charge on any atom is 0.410 e. The first-order chi connectivity index (χ1) is 22.3. The molecule has 3 rings (SSSR count). The van der Waals surface area contributed by atoms with Crippen molar-refractivity contribution in [2.75, 3.05) is 27.4 Å². The molecular weight excluding hydrogens is 608 g/mol. The van der Waals surface area contributed by atoms with Gasteiger partial charge in [-0.1, -0.05) is 72.8 Å². The van der Waals surface area contributed by atoms with Crippen LogP contribution in [0.4, 0.5) is 9.59 Å². The molecular formula is C35H42N2O10. The Hall–Kier alpha value is -5.39. The summed E-state index contributed by atoms with van der Waals surface area (Å²) in [5.74, 6) is -1.08. The highest BCUT2D eigenvalue weighted by atomic mass is 16.6. The van der Waals surface area contributed by atoms with E-state index < -0.39 is 42.4 Å². The van der Waals surface area contributed by atoms with Crippen molar-refractivity contribution in [3.05, 3.63) is 102 Å². The summed E-state index contributed by atoms with van der Waals surface area (Å²) in [7, 11) is 3.00. The highest BCUT2D eigenvalue weighted by molar-refractivity contribution is 5.97. The largest absolute Gasteiger partial charge is 0.497 e. The van der Waals surface area contributed by atoms with Crippen LogP contribution >= 0.6 is 0 Å². The third-order valence-electron chi connectivity index (χ3n) is 6.24. The Labute approximate surface area is 274 Å². The van der Waals surface area contributed by atoms with Gasteiger partial charge in [0.25, 0.3) is 0 Å². The fourth-order valence-electron chi connectivity index (χ4n) is 3.87. The van der Waals surface area contributed by atoms with Crippen molar-refractivity contribution in [3.8, 4) is 5.75 Å². The van der Waals surface area contributed by atoms with Gasteiger partial charge in [0, 0.05) is 19.0 Å².